The Morgan fingerprint density at radius 3 is 3.00 bits per heavy atom. The van der Waals surface area contributed by atoms with Crippen molar-refractivity contribution < 1.29 is 13.7 Å². The predicted molar refractivity (Wildman–Crippen MR) is 69.8 cm³/mol. The molecule has 98 valence electrons. The molecule has 1 saturated heterocycles. The van der Waals surface area contributed by atoms with Crippen molar-refractivity contribution in [3.8, 4) is 11.4 Å². The van der Waals surface area contributed by atoms with Crippen LogP contribution < -0.4 is 0 Å². The van der Waals surface area contributed by atoms with Crippen LogP contribution in [0, 0.1) is 5.82 Å². The Morgan fingerprint density at radius 2 is 2.32 bits per heavy atom. The fraction of sp³-hybridized carbons (Fsp3) is 0.250. The first-order valence-electron chi connectivity index (χ1n) is 5.54. The summed E-state index contributed by atoms with van der Waals surface area (Å²) in [5, 5.41) is 4.01. The summed E-state index contributed by atoms with van der Waals surface area (Å²) in [7, 11) is 0. The second-order valence-corrected chi connectivity index (χ2v) is 5.55. The molecular weight excluding hydrogens is 291 g/mol. The normalized spacial score (nSPS) is 19.1. The van der Waals surface area contributed by atoms with Gasteiger partial charge in [0.15, 0.2) is 5.78 Å². The highest BCUT2D eigenvalue weighted by Gasteiger charge is 2.31. The number of Topliss-reactive ketones (excluding diaryl/α,β-unsaturated/α-hetero) is 1. The average molecular weight is 299 g/mol. The van der Waals surface area contributed by atoms with E-state index in [-0.39, 0.29) is 22.5 Å². The Hall–Kier alpha value is -1.40. The van der Waals surface area contributed by atoms with Gasteiger partial charge in [0.1, 0.15) is 11.7 Å². The van der Waals surface area contributed by atoms with E-state index in [4.69, 9.17) is 16.1 Å². The zero-order chi connectivity index (χ0) is 13.4. The Bertz CT molecular complexity index is 646. The summed E-state index contributed by atoms with van der Waals surface area (Å²) in [5.74, 6) is 1.00. The Labute approximate surface area is 117 Å². The summed E-state index contributed by atoms with van der Waals surface area (Å²) in [6, 6.07) is 3.94. The summed E-state index contributed by atoms with van der Waals surface area (Å²) in [6.07, 6.45) is 0. The van der Waals surface area contributed by atoms with Gasteiger partial charge in [-0.15, -0.1) is 0 Å². The number of carbonyl (C=O) groups is 1. The fourth-order valence-electron chi connectivity index (χ4n) is 1.84. The van der Waals surface area contributed by atoms with E-state index in [1.165, 1.54) is 18.2 Å². The molecule has 2 heterocycles. The molecule has 1 aliphatic heterocycles. The number of nitrogens with zero attached hydrogens (tertiary/aromatic N) is 2. The van der Waals surface area contributed by atoms with Crippen LogP contribution in [0.2, 0.25) is 5.02 Å². The molecule has 0 radical (unpaired) electrons. The Morgan fingerprint density at radius 1 is 1.47 bits per heavy atom. The van der Waals surface area contributed by atoms with Gasteiger partial charge in [0.05, 0.1) is 10.8 Å². The van der Waals surface area contributed by atoms with Crippen LogP contribution in [0.5, 0.6) is 0 Å². The molecule has 0 bridgehead atoms. The summed E-state index contributed by atoms with van der Waals surface area (Å²) in [6.45, 7) is 0. The molecular formula is C12H8ClFN2O2S. The Balaban J connectivity index is 1.94. The monoisotopic (exact) mass is 298 g/mol. The minimum absolute atomic E-state index is 0.0883. The van der Waals surface area contributed by atoms with Crippen LogP contribution in [-0.4, -0.2) is 27.4 Å². The van der Waals surface area contributed by atoms with Gasteiger partial charge >= 0.3 is 0 Å². The van der Waals surface area contributed by atoms with Crippen molar-refractivity contribution in [3.05, 3.63) is 34.9 Å². The van der Waals surface area contributed by atoms with Crippen LogP contribution in [0.3, 0.4) is 0 Å². The topological polar surface area (TPSA) is 56.0 Å². The fourth-order valence-corrected chi connectivity index (χ4v) is 3.17. The molecule has 1 fully saturated rings. The van der Waals surface area contributed by atoms with Crippen LogP contribution in [-0.2, 0) is 4.79 Å². The molecule has 2 aromatic rings. The van der Waals surface area contributed by atoms with E-state index in [1.54, 1.807) is 11.8 Å². The lowest BCUT2D eigenvalue weighted by Gasteiger charge is -1.99. The van der Waals surface area contributed by atoms with E-state index in [0.717, 1.165) is 0 Å². The van der Waals surface area contributed by atoms with Crippen molar-refractivity contribution in [3.63, 3.8) is 0 Å². The molecule has 1 unspecified atom stereocenters. The molecule has 0 aliphatic carbocycles. The lowest BCUT2D eigenvalue weighted by atomic mass is 10.1. The SMILES string of the molecule is O=C1CSCC1c1nc(-c2ccc(F)cc2Cl)no1. The summed E-state index contributed by atoms with van der Waals surface area (Å²) < 4.78 is 18.1. The second kappa shape index (κ2) is 4.94. The first-order valence-corrected chi connectivity index (χ1v) is 7.08. The zero-order valence-electron chi connectivity index (χ0n) is 9.60. The number of halogens is 2. The third-order valence-electron chi connectivity index (χ3n) is 2.83. The van der Waals surface area contributed by atoms with Crippen molar-refractivity contribution in [2.24, 2.45) is 0 Å². The smallest absolute Gasteiger partial charge is 0.238 e. The molecule has 1 aromatic carbocycles. The molecule has 19 heavy (non-hydrogen) atoms. The maximum Gasteiger partial charge on any atom is 0.238 e. The van der Waals surface area contributed by atoms with Gasteiger partial charge in [-0.3, -0.25) is 4.79 Å². The van der Waals surface area contributed by atoms with Crippen LogP contribution in [0.4, 0.5) is 4.39 Å². The van der Waals surface area contributed by atoms with Crippen LogP contribution in [0.1, 0.15) is 11.8 Å². The lowest BCUT2D eigenvalue weighted by molar-refractivity contribution is -0.117. The van der Waals surface area contributed by atoms with E-state index in [2.05, 4.69) is 10.1 Å². The summed E-state index contributed by atoms with van der Waals surface area (Å²) in [4.78, 5) is 15.8. The van der Waals surface area contributed by atoms with E-state index < -0.39 is 5.82 Å². The number of hydrogen-bond donors (Lipinski definition) is 0. The number of aromatic nitrogens is 2. The Kier molecular flexibility index (Phi) is 3.28. The zero-order valence-corrected chi connectivity index (χ0v) is 11.2. The van der Waals surface area contributed by atoms with Crippen molar-refractivity contribution in [1.29, 1.82) is 0 Å². The van der Waals surface area contributed by atoms with Gasteiger partial charge in [0.25, 0.3) is 0 Å². The first-order chi connectivity index (χ1) is 9.15. The van der Waals surface area contributed by atoms with Gasteiger partial charge < -0.3 is 4.52 Å². The molecule has 0 N–H and O–H groups in total. The van der Waals surface area contributed by atoms with E-state index in [9.17, 15) is 9.18 Å². The number of thioether (sulfide) groups is 1. The van der Waals surface area contributed by atoms with Crippen molar-refractivity contribution in [2.75, 3.05) is 11.5 Å². The molecule has 3 rings (SSSR count). The minimum atomic E-state index is -0.431. The van der Waals surface area contributed by atoms with Gasteiger partial charge in [-0.1, -0.05) is 16.8 Å². The molecule has 0 spiro atoms. The lowest BCUT2D eigenvalue weighted by Crippen LogP contribution is -2.09. The summed E-state index contributed by atoms with van der Waals surface area (Å²) in [5.41, 5.74) is 0.483. The second-order valence-electron chi connectivity index (χ2n) is 4.11. The third-order valence-corrected chi connectivity index (χ3v) is 4.20. The highest BCUT2D eigenvalue weighted by atomic mass is 35.5. The van der Waals surface area contributed by atoms with Crippen LogP contribution in [0.25, 0.3) is 11.4 Å². The average Bonchev–Trinajstić information content (AvgIpc) is 2.97. The number of benzene rings is 1. The first kappa shape index (κ1) is 12.6. The van der Waals surface area contributed by atoms with Crippen LogP contribution >= 0.6 is 23.4 Å². The minimum Gasteiger partial charge on any atom is -0.338 e. The van der Waals surface area contributed by atoms with Gasteiger partial charge in [0, 0.05) is 11.3 Å². The van der Waals surface area contributed by atoms with Gasteiger partial charge in [-0.25, -0.2) is 4.39 Å². The quantitative estimate of drug-likeness (QED) is 0.853. The van der Waals surface area contributed by atoms with Crippen molar-refractivity contribution in [2.45, 2.75) is 5.92 Å². The molecule has 1 aromatic heterocycles. The maximum absolute atomic E-state index is 13.0. The van der Waals surface area contributed by atoms with Gasteiger partial charge in [0.2, 0.25) is 11.7 Å². The number of ketones is 1. The molecule has 7 heteroatoms. The number of hydrogen-bond acceptors (Lipinski definition) is 5. The van der Waals surface area contributed by atoms with Crippen molar-refractivity contribution >= 4 is 29.1 Å². The van der Waals surface area contributed by atoms with Gasteiger partial charge in [-0.05, 0) is 18.2 Å². The van der Waals surface area contributed by atoms with Crippen molar-refractivity contribution in [1.82, 2.24) is 10.1 Å². The molecule has 4 nitrogen and oxygen atoms in total. The van der Waals surface area contributed by atoms with E-state index in [1.807, 2.05) is 0 Å². The van der Waals surface area contributed by atoms with Gasteiger partial charge in [-0.2, -0.15) is 16.7 Å². The van der Waals surface area contributed by atoms with E-state index >= 15 is 0 Å². The molecule has 0 amide bonds. The van der Waals surface area contributed by atoms with Crippen LogP contribution in [0.15, 0.2) is 22.7 Å². The maximum atomic E-state index is 13.0. The third kappa shape index (κ3) is 2.37. The highest BCUT2D eigenvalue weighted by Crippen LogP contribution is 2.31. The summed E-state index contributed by atoms with van der Waals surface area (Å²) >= 11 is 7.47. The highest BCUT2D eigenvalue weighted by molar-refractivity contribution is 8.00. The van der Waals surface area contributed by atoms with E-state index in [0.29, 0.717) is 23.0 Å². The molecule has 1 aliphatic rings. The molecule has 0 saturated carbocycles. The number of rotatable bonds is 2. The predicted octanol–water partition coefficient (Wildman–Crippen LogP) is 2.93. The number of carbonyl (C=O) groups excluding carboxylic acids is 1. The standard InChI is InChI=1S/C12H8ClFN2O2S/c13-9-3-6(14)1-2-7(9)11-15-12(18-16-11)8-4-19-5-10(8)17/h1-3,8H,4-5H2. The largest absolute Gasteiger partial charge is 0.338 e. The molecule has 1 atom stereocenters.